The number of nitrogens with zero attached hydrogens (tertiary/aromatic N) is 6. The van der Waals surface area contributed by atoms with Crippen molar-refractivity contribution in [2.24, 2.45) is 5.92 Å². The van der Waals surface area contributed by atoms with E-state index >= 15 is 0 Å². The van der Waals surface area contributed by atoms with Gasteiger partial charge in [0.05, 0.1) is 47.8 Å². The van der Waals surface area contributed by atoms with Crippen LogP contribution in [0.5, 0.6) is 0 Å². The molecular weight excluding hydrogens is 445 g/mol. The van der Waals surface area contributed by atoms with Gasteiger partial charge < -0.3 is 9.64 Å². The first kappa shape index (κ1) is 23.0. The zero-order valence-corrected chi connectivity index (χ0v) is 19.4. The monoisotopic (exact) mass is 474 g/mol. The first-order chi connectivity index (χ1) is 16.3. The van der Waals surface area contributed by atoms with Gasteiger partial charge in [0.2, 0.25) is 0 Å². The summed E-state index contributed by atoms with van der Waals surface area (Å²) in [5, 5.41) is 4.09. The molecule has 3 aromatic rings. The Kier molecular flexibility index (Phi) is 6.18. The minimum absolute atomic E-state index is 0.0762. The SMILES string of the molecule is Cc1nc2cc(N3CCOCC3)nc(C3CC(C(F)(F)F)C3)c2nc1C.c1cnn(C2CC2)c1. The van der Waals surface area contributed by atoms with Crippen LogP contribution in [0.2, 0.25) is 0 Å². The van der Waals surface area contributed by atoms with Crippen molar-refractivity contribution in [3.63, 3.8) is 0 Å². The average Bonchev–Trinajstić information content (AvgIpc) is 3.48. The molecule has 2 saturated carbocycles. The quantitative estimate of drug-likeness (QED) is 0.546. The number of hydrogen-bond donors (Lipinski definition) is 0. The van der Waals surface area contributed by atoms with Crippen molar-refractivity contribution in [2.75, 3.05) is 31.2 Å². The van der Waals surface area contributed by atoms with Crippen LogP contribution in [0.3, 0.4) is 0 Å². The maximum absolute atomic E-state index is 12.9. The van der Waals surface area contributed by atoms with E-state index in [1.54, 1.807) is 0 Å². The van der Waals surface area contributed by atoms with Gasteiger partial charge in [0.15, 0.2) is 0 Å². The number of anilines is 1. The van der Waals surface area contributed by atoms with E-state index < -0.39 is 12.1 Å². The second kappa shape index (κ2) is 9.13. The van der Waals surface area contributed by atoms with Crippen molar-refractivity contribution >= 4 is 16.9 Å². The van der Waals surface area contributed by atoms with Crippen molar-refractivity contribution < 1.29 is 17.9 Å². The number of morpholine rings is 1. The molecule has 7 nitrogen and oxygen atoms in total. The molecule has 1 aliphatic heterocycles. The predicted molar refractivity (Wildman–Crippen MR) is 122 cm³/mol. The van der Waals surface area contributed by atoms with Gasteiger partial charge in [-0.2, -0.15) is 18.3 Å². The first-order valence-electron chi connectivity index (χ1n) is 11.8. The summed E-state index contributed by atoms with van der Waals surface area (Å²) >= 11 is 0. The molecular formula is C24H29F3N6O. The van der Waals surface area contributed by atoms with E-state index in [2.05, 4.69) is 20.0 Å². The van der Waals surface area contributed by atoms with Crippen LogP contribution in [0, 0.1) is 19.8 Å². The largest absolute Gasteiger partial charge is 0.391 e. The third kappa shape index (κ3) is 4.87. The van der Waals surface area contributed by atoms with Crippen LogP contribution in [0.15, 0.2) is 24.5 Å². The van der Waals surface area contributed by atoms with E-state index in [0.717, 1.165) is 23.2 Å². The second-order valence-electron chi connectivity index (χ2n) is 9.35. The zero-order chi connectivity index (χ0) is 23.9. The summed E-state index contributed by atoms with van der Waals surface area (Å²) in [5.74, 6) is -0.707. The molecule has 182 valence electrons. The third-order valence-electron chi connectivity index (χ3n) is 6.85. The minimum Gasteiger partial charge on any atom is -0.378 e. The minimum atomic E-state index is -4.13. The summed E-state index contributed by atoms with van der Waals surface area (Å²) in [6.45, 7) is 6.42. The highest BCUT2D eigenvalue weighted by molar-refractivity contribution is 5.80. The zero-order valence-electron chi connectivity index (χ0n) is 19.4. The van der Waals surface area contributed by atoms with Crippen molar-refractivity contribution in [2.45, 2.75) is 57.7 Å². The Morgan fingerprint density at radius 3 is 2.32 bits per heavy atom. The predicted octanol–water partition coefficient (Wildman–Crippen LogP) is 4.75. The van der Waals surface area contributed by atoms with E-state index in [-0.39, 0.29) is 18.8 Å². The number of halogens is 3. The number of pyridine rings is 1. The van der Waals surface area contributed by atoms with Crippen LogP contribution in [-0.2, 0) is 4.74 Å². The summed E-state index contributed by atoms with van der Waals surface area (Å²) in [6.07, 6.45) is 2.52. The fraction of sp³-hybridized carbons (Fsp3) is 0.583. The molecule has 3 aromatic heterocycles. The van der Waals surface area contributed by atoms with Crippen molar-refractivity contribution in [1.29, 1.82) is 0 Å². The lowest BCUT2D eigenvalue weighted by Gasteiger charge is -2.37. The lowest BCUT2D eigenvalue weighted by atomic mass is 9.72. The lowest BCUT2D eigenvalue weighted by Crippen LogP contribution is -2.38. The van der Waals surface area contributed by atoms with E-state index in [1.165, 1.54) is 12.8 Å². The third-order valence-corrected chi connectivity index (χ3v) is 6.85. The molecule has 0 N–H and O–H groups in total. The summed E-state index contributed by atoms with van der Waals surface area (Å²) in [5.41, 5.74) is 3.60. The van der Waals surface area contributed by atoms with Crippen LogP contribution in [0.1, 0.15) is 54.7 Å². The van der Waals surface area contributed by atoms with Crippen LogP contribution in [-0.4, -0.2) is 57.2 Å². The highest BCUT2D eigenvalue weighted by Crippen LogP contribution is 2.50. The van der Waals surface area contributed by atoms with Gasteiger partial charge in [0.25, 0.3) is 0 Å². The molecule has 0 spiro atoms. The molecule has 3 aliphatic rings. The van der Waals surface area contributed by atoms with Crippen molar-refractivity contribution in [3.05, 3.63) is 41.6 Å². The first-order valence-corrected chi connectivity index (χ1v) is 11.8. The number of fused-ring (bicyclic) bond motifs is 1. The van der Waals surface area contributed by atoms with Gasteiger partial charge in [-0.15, -0.1) is 0 Å². The molecule has 0 atom stereocenters. The van der Waals surface area contributed by atoms with Gasteiger partial charge >= 0.3 is 6.18 Å². The Morgan fingerprint density at radius 1 is 1.00 bits per heavy atom. The summed E-state index contributed by atoms with van der Waals surface area (Å²) in [4.78, 5) is 16.1. The molecule has 1 saturated heterocycles. The van der Waals surface area contributed by atoms with Crippen molar-refractivity contribution in [1.82, 2.24) is 24.7 Å². The van der Waals surface area contributed by atoms with Crippen LogP contribution in [0.4, 0.5) is 19.0 Å². The van der Waals surface area contributed by atoms with Crippen LogP contribution in [0.25, 0.3) is 11.0 Å². The summed E-state index contributed by atoms with van der Waals surface area (Å²) in [7, 11) is 0. The fourth-order valence-corrected chi connectivity index (χ4v) is 4.42. The maximum Gasteiger partial charge on any atom is 0.391 e. The molecule has 0 unspecified atom stereocenters. The van der Waals surface area contributed by atoms with Crippen molar-refractivity contribution in [3.8, 4) is 0 Å². The Labute approximate surface area is 196 Å². The molecule has 6 rings (SSSR count). The van der Waals surface area contributed by atoms with E-state index in [9.17, 15) is 13.2 Å². The maximum atomic E-state index is 12.9. The second-order valence-corrected chi connectivity index (χ2v) is 9.35. The molecule has 0 radical (unpaired) electrons. The Hall–Kier alpha value is -2.75. The van der Waals surface area contributed by atoms with Gasteiger partial charge in [0.1, 0.15) is 11.3 Å². The number of rotatable bonds is 3. The van der Waals surface area contributed by atoms with Gasteiger partial charge in [-0.1, -0.05) is 0 Å². The number of aryl methyl sites for hydroxylation is 2. The molecule has 0 amide bonds. The molecule has 2 aliphatic carbocycles. The van der Waals surface area contributed by atoms with Crippen LogP contribution >= 0.6 is 0 Å². The van der Waals surface area contributed by atoms with Gasteiger partial charge in [-0.05, 0) is 45.6 Å². The van der Waals surface area contributed by atoms with Gasteiger partial charge in [-0.3, -0.25) is 4.68 Å². The number of hydrogen-bond acceptors (Lipinski definition) is 6. The van der Waals surface area contributed by atoms with Crippen LogP contribution < -0.4 is 4.90 Å². The molecule has 3 fully saturated rings. The van der Waals surface area contributed by atoms with E-state index in [4.69, 9.17) is 9.72 Å². The molecule has 10 heteroatoms. The molecule has 34 heavy (non-hydrogen) atoms. The Bertz CT molecular complexity index is 1130. The van der Waals surface area contributed by atoms with Gasteiger partial charge in [0, 0.05) is 37.5 Å². The highest BCUT2D eigenvalue weighted by Gasteiger charge is 2.49. The molecule has 0 aromatic carbocycles. The van der Waals surface area contributed by atoms with E-state index in [0.29, 0.717) is 43.0 Å². The normalized spacial score (nSPS) is 22.8. The molecule has 4 heterocycles. The molecule has 0 bridgehead atoms. The average molecular weight is 475 g/mol. The number of aromatic nitrogens is 5. The smallest absolute Gasteiger partial charge is 0.378 e. The standard InChI is InChI=1S/C18H21F3N4O.C6H8N2/c1-10-11(2)23-17-14(22-10)9-15(25-3-5-26-6-4-25)24-16(17)12-7-13(8-12)18(19,20)21;1-4-7-8(5-1)6-2-3-6/h9,12-13H,3-8H2,1-2H3;1,4-6H,2-3H2. The van der Waals surface area contributed by atoms with Gasteiger partial charge in [-0.25, -0.2) is 15.0 Å². The Morgan fingerprint density at radius 2 is 1.71 bits per heavy atom. The van der Waals surface area contributed by atoms with E-state index in [1.807, 2.05) is 43.1 Å². The number of ether oxygens (including phenoxy) is 1. The number of alkyl halides is 3. The lowest BCUT2D eigenvalue weighted by molar-refractivity contribution is -0.197. The summed E-state index contributed by atoms with van der Waals surface area (Å²) < 4.78 is 46.2. The fourth-order valence-electron chi connectivity index (χ4n) is 4.42. The topological polar surface area (TPSA) is 69.0 Å². The Balaban J connectivity index is 0.000000252. The summed E-state index contributed by atoms with van der Waals surface area (Å²) in [6, 6.07) is 4.60. The highest BCUT2D eigenvalue weighted by atomic mass is 19.4.